The number of nitrogens with zero attached hydrogens (tertiary/aromatic N) is 3. The smallest absolute Gasteiger partial charge is 0.253 e. The highest BCUT2D eigenvalue weighted by atomic mass is 16.2. The summed E-state index contributed by atoms with van der Waals surface area (Å²) in [4.78, 5) is 22.8. The number of amides is 1. The molecule has 1 N–H and O–H groups in total. The van der Waals surface area contributed by atoms with Crippen LogP contribution in [0.2, 0.25) is 0 Å². The zero-order valence-corrected chi connectivity index (χ0v) is 12.7. The van der Waals surface area contributed by atoms with Crippen LogP contribution in [-0.2, 0) is 0 Å². The van der Waals surface area contributed by atoms with Gasteiger partial charge in [-0.15, -0.1) is 0 Å². The van der Waals surface area contributed by atoms with Crippen molar-refractivity contribution in [2.75, 3.05) is 18.4 Å². The average Bonchev–Trinajstić information content (AvgIpc) is 2.55. The molecule has 1 atom stereocenters. The molecule has 2 aromatic rings. The zero-order chi connectivity index (χ0) is 15.4. The Morgan fingerprint density at radius 1 is 1.27 bits per heavy atom. The third-order valence-electron chi connectivity index (χ3n) is 3.88. The van der Waals surface area contributed by atoms with Gasteiger partial charge in [-0.25, -0.2) is 9.97 Å². The number of hydrogen-bond acceptors (Lipinski definition) is 4. The van der Waals surface area contributed by atoms with E-state index in [0.717, 1.165) is 25.2 Å². The van der Waals surface area contributed by atoms with Crippen molar-refractivity contribution >= 4 is 17.5 Å². The van der Waals surface area contributed by atoms with Crippen molar-refractivity contribution in [3.8, 4) is 0 Å². The third kappa shape index (κ3) is 3.42. The van der Waals surface area contributed by atoms with Crippen molar-refractivity contribution in [2.45, 2.75) is 19.8 Å². The molecule has 22 heavy (non-hydrogen) atoms. The monoisotopic (exact) mass is 296 g/mol. The maximum Gasteiger partial charge on any atom is 0.253 e. The van der Waals surface area contributed by atoms with E-state index >= 15 is 0 Å². The van der Waals surface area contributed by atoms with Crippen LogP contribution in [0.4, 0.5) is 11.6 Å². The van der Waals surface area contributed by atoms with Gasteiger partial charge in [0.15, 0.2) is 0 Å². The minimum absolute atomic E-state index is 0.101. The second-order valence-electron chi connectivity index (χ2n) is 5.78. The fourth-order valence-corrected chi connectivity index (χ4v) is 2.78. The fraction of sp³-hybridized carbons (Fsp3) is 0.353. The molecule has 0 bridgehead atoms. The van der Waals surface area contributed by atoms with Gasteiger partial charge in [-0.3, -0.25) is 4.79 Å². The van der Waals surface area contributed by atoms with Crippen molar-refractivity contribution < 1.29 is 4.79 Å². The SMILES string of the molecule is CC1CCCN(C(=O)c2cccc(Nc3ncccn3)c2)C1. The number of rotatable bonds is 3. The highest BCUT2D eigenvalue weighted by molar-refractivity contribution is 5.95. The molecule has 0 spiro atoms. The lowest BCUT2D eigenvalue weighted by Gasteiger charge is -2.31. The number of anilines is 2. The van der Waals surface area contributed by atoms with Crippen LogP contribution in [0.5, 0.6) is 0 Å². The number of aromatic nitrogens is 2. The molecule has 2 heterocycles. The van der Waals surface area contributed by atoms with Crippen LogP contribution in [0.3, 0.4) is 0 Å². The quantitative estimate of drug-likeness (QED) is 0.945. The van der Waals surface area contributed by atoms with Gasteiger partial charge in [0.25, 0.3) is 5.91 Å². The fourth-order valence-electron chi connectivity index (χ4n) is 2.78. The van der Waals surface area contributed by atoms with E-state index < -0.39 is 0 Å². The number of benzene rings is 1. The first-order valence-corrected chi connectivity index (χ1v) is 7.66. The first kappa shape index (κ1) is 14.5. The summed E-state index contributed by atoms with van der Waals surface area (Å²) in [7, 11) is 0. The van der Waals surface area contributed by atoms with E-state index in [4.69, 9.17) is 0 Å². The third-order valence-corrected chi connectivity index (χ3v) is 3.88. The van der Waals surface area contributed by atoms with Crippen LogP contribution < -0.4 is 5.32 Å². The second kappa shape index (κ2) is 6.56. The Bertz CT molecular complexity index is 644. The second-order valence-corrected chi connectivity index (χ2v) is 5.78. The van der Waals surface area contributed by atoms with Crippen molar-refractivity contribution in [2.24, 2.45) is 5.92 Å². The Labute approximate surface area is 130 Å². The zero-order valence-electron chi connectivity index (χ0n) is 12.7. The van der Waals surface area contributed by atoms with E-state index in [1.165, 1.54) is 6.42 Å². The molecule has 3 rings (SSSR count). The number of hydrogen-bond donors (Lipinski definition) is 1. The van der Waals surface area contributed by atoms with Gasteiger partial charge < -0.3 is 10.2 Å². The normalized spacial score (nSPS) is 18.0. The van der Waals surface area contributed by atoms with Gasteiger partial charge in [-0.05, 0) is 43.0 Å². The minimum Gasteiger partial charge on any atom is -0.338 e. The Morgan fingerprint density at radius 3 is 2.86 bits per heavy atom. The van der Waals surface area contributed by atoms with Crippen LogP contribution in [0, 0.1) is 5.92 Å². The highest BCUT2D eigenvalue weighted by Gasteiger charge is 2.22. The summed E-state index contributed by atoms with van der Waals surface area (Å²) >= 11 is 0. The van der Waals surface area contributed by atoms with Crippen molar-refractivity contribution in [3.63, 3.8) is 0 Å². The van der Waals surface area contributed by atoms with Gasteiger partial charge in [0.2, 0.25) is 5.95 Å². The van der Waals surface area contributed by atoms with Crippen LogP contribution >= 0.6 is 0 Å². The molecule has 1 unspecified atom stereocenters. The summed E-state index contributed by atoms with van der Waals surface area (Å²) in [6.07, 6.45) is 5.65. The largest absolute Gasteiger partial charge is 0.338 e. The first-order chi connectivity index (χ1) is 10.7. The summed E-state index contributed by atoms with van der Waals surface area (Å²) < 4.78 is 0. The van der Waals surface area contributed by atoms with Crippen LogP contribution in [0.25, 0.3) is 0 Å². The molecule has 0 radical (unpaired) electrons. The van der Waals surface area contributed by atoms with Gasteiger partial charge in [0.05, 0.1) is 0 Å². The Kier molecular flexibility index (Phi) is 4.32. The van der Waals surface area contributed by atoms with E-state index in [0.29, 0.717) is 17.4 Å². The number of likely N-dealkylation sites (tertiary alicyclic amines) is 1. The van der Waals surface area contributed by atoms with E-state index in [2.05, 4.69) is 22.2 Å². The van der Waals surface area contributed by atoms with Gasteiger partial charge in [-0.1, -0.05) is 13.0 Å². The predicted octanol–water partition coefficient (Wildman–Crippen LogP) is 3.09. The molecule has 1 aromatic heterocycles. The van der Waals surface area contributed by atoms with E-state index in [-0.39, 0.29) is 5.91 Å². The first-order valence-electron chi connectivity index (χ1n) is 7.66. The lowest BCUT2D eigenvalue weighted by Crippen LogP contribution is -2.39. The lowest BCUT2D eigenvalue weighted by molar-refractivity contribution is 0.0683. The molecule has 1 saturated heterocycles. The summed E-state index contributed by atoms with van der Waals surface area (Å²) in [5, 5.41) is 3.12. The van der Waals surface area contributed by atoms with Gasteiger partial charge >= 0.3 is 0 Å². The maximum absolute atomic E-state index is 12.6. The molecule has 1 aromatic carbocycles. The van der Waals surface area contributed by atoms with E-state index in [9.17, 15) is 4.79 Å². The van der Waals surface area contributed by atoms with Crippen molar-refractivity contribution in [1.82, 2.24) is 14.9 Å². The van der Waals surface area contributed by atoms with Crippen LogP contribution in [-0.4, -0.2) is 33.9 Å². The molecular weight excluding hydrogens is 276 g/mol. The minimum atomic E-state index is 0.101. The predicted molar refractivity (Wildman–Crippen MR) is 86.1 cm³/mol. The lowest BCUT2D eigenvalue weighted by atomic mass is 9.99. The molecule has 5 heteroatoms. The summed E-state index contributed by atoms with van der Waals surface area (Å²) in [6.45, 7) is 3.89. The topological polar surface area (TPSA) is 58.1 Å². The molecule has 1 aliphatic heterocycles. The van der Waals surface area contributed by atoms with Gasteiger partial charge in [0.1, 0.15) is 0 Å². The van der Waals surface area contributed by atoms with Gasteiger partial charge in [-0.2, -0.15) is 0 Å². The number of nitrogens with one attached hydrogen (secondary N) is 1. The number of carbonyl (C=O) groups excluding carboxylic acids is 1. The molecule has 1 aliphatic rings. The number of carbonyl (C=O) groups is 1. The molecule has 0 saturated carbocycles. The molecular formula is C17H20N4O. The van der Waals surface area contributed by atoms with Crippen LogP contribution in [0.1, 0.15) is 30.1 Å². The molecule has 1 fully saturated rings. The van der Waals surface area contributed by atoms with E-state index in [1.807, 2.05) is 29.2 Å². The molecule has 5 nitrogen and oxygen atoms in total. The standard InChI is InChI=1S/C17H20N4O/c1-13-5-3-10-21(12-13)16(22)14-6-2-7-15(11-14)20-17-18-8-4-9-19-17/h2,4,6-9,11,13H,3,5,10,12H2,1H3,(H,18,19,20). The molecule has 0 aliphatic carbocycles. The van der Waals surface area contributed by atoms with Gasteiger partial charge in [0, 0.05) is 36.7 Å². The van der Waals surface area contributed by atoms with Crippen molar-refractivity contribution in [3.05, 3.63) is 48.3 Å². The highest BCUT2D eigenvalue weighted by Crippen LogP contribution is 2.20. The van der Waals surface area contributed by atoms with E-state index in [1.54, 1.807) is 18.5 Å². The Morgan fingerprint density at radius 2 is 2.09 bits per heavy atom. The summed E-state index contributed by atoms with van der Waals surface area (Å²) in [5.74, 6) is 1.21. The Hall–Kier alpha value is -2.43. The maximum atomic E-state index is 12.6. The Balaban J connectivity index is 1.74. The van der Waals surface area contributed by atoms with Crippen LogP contribution in [0.15, 0.2) is 42.7 Å². The molecule has 1 amide bonds. The molecule has 114 valence electrons. The summed E-state index contributed by atoms with van der Waals surface area (Å²) in [5.41, 5.74) is 1.53. The van der Waals surface area contributed by atoms with Crippen molar-refractivity contribution in [1.29, 1.82) is 0 Å². The average molecular weight is 296 g/mol. The number of piperidine rings is 1. The summed E-state index contributed by atoms with van der Waals surface area (Å²) in [6, 6.07) is 9.27.